The van der Waals surface area contributed by atoms with E-state index in [-0.39, 0.29) is 37.2 Å². The lowest BCUT2D eigenvalue weighted by Gasteiger charge is -2.11. The van der Waals surface area contributed by atoms with Crippen molar-refractivity contribution >= 4 is 35.3 Å². The van der Waals surface area contributed by atoms with Crippen molar-refractivity contribution in [3.05, 3.63) is 24.1 Å². The summed E-state index contributed by atoms with van der Waals surface area (Å²) in [4.78, 5) is 45.4. The fourth-order valence-electron chi connectivity index (χ4n) is 1.95. The second kappa shape index (κ2) is 21.2. The number of ether oxygens (including phenoxy) is 2. The number of imide groups is 1. The molecule has 0 aromatic heterocycles. The molecule has 3 N–H and O–H groups in total. The summed E-state index contributed by atoms with van der Waals surface area (Å²) in [5.74, 6) is -1.12. The molecule has 0 atom stereocenters. The molecule has 0 unspecified atom stereocenters. The van der Waals surface area contributed by atoms with Crippen LogP contribution in [0.4, 0.5) is 0 Å². The minimum atomic E-state index is -0.399. The van der Waals surface area contributed by atoms with Crippen LogP contribution in [0.25, 0.3) is 0 Å². The number of thioether (sulfide) groups is 1. The van der Waals surface area contributed by atoms with E-state index >= 15 is 0 Å². The first-order valence-corrected chi connectivity index (χ1v) is 10.9. The van der Waals surface area contributed by atoms with Gasteiger partial charge in [-0.25, -0.2) is 0 Å². The Morgan fingerprint density at radius 1 is 1.13 bits per heavy atom. The molecule has 10 nitrogen and oxygen atoms in total. The van der Waals surface area contributed by atoms with Gasteiger partial charge in [0.25, 0.3) is 11.8 Å². The van der Waals surface area contributed by atoms with E-state index < -0.39 is 5.91 Å². The molecule has 1 rings (SSSR count). The van der Waals surface area contributed by atoms with E-state index in [0.29, 0.717) is 37.9 Å². The van der Waals surface area contributed by atoms with Gasteiger partial charge >= 0.3 is 0 Å². The van der Waals surface area contributed by atoms with Crippen LogP contribution in [0.1, 0.15) is 13.3 Å². The van der Waals surface area contributed by atoms with E-state index in [0.717, 1.165) is 11.4 Å². The quantitative estimate of drug-likeness (QED) is 0.181. The molecule has 3 amide bonds. The van der Waals surface area contributed by atoms with Crippen LogP contribution in [-0.4, -0.2) is 99.5 Å². The number of likely N-dealkylation sites (N-methyl/N-ethyl adjacent to an activating group) is 1. The van der Waals surface area contributed by atoms with Crippen molar-refractivity contribution in [1.82, 2.24) is 15.5 Å². The number of hydrogen-bond donors (Lipinski definition) is 3. The highest BCUT2D eigenvalue weighted by Crippen LogP contribution is 2.21. The highest BCUT2D eigenvalue weighted by atomic mass is 32.2. The number of nitrogens with zero attached hydrogens (tertiary/aromatic N) is 1. The minimum absolute atomic E-state index is 0.119. The predicted molar refractivity (Wildman–Crippen MR) is 121 cm³/mol. The van der Waals surface area contributed by atoms with Gasteiger partial charge < -0.3 is 25.2 Å². The molecule has 178 valence electrons. The topological polar surface area (TPSA) is 134 Å². The average Bonchev–Trinajstić information content (AvgIpc) is 3.02. The second-order valence-corrected chi connectivity index (χ2v) is 6.64. The number of nitrogens with one attached hydrogen (secondary N) is 2. The number of rotatable bonds is 14. The Morgan fingerprint density at radius 3 is 2.16 bits per heavy atom. The fraction of sp³-hybridized carbons (Fsp3) is 0.600. The fourth-order valence-corrected chi connectivity index (χ4v) is 2.46. The van der Waals surface area contributed by atoms with Crippen molar-refractivity contribution in [1.29, 1.82) is 0 Å². The molecule has 0 aromatic carbocycles. The van der Waals surface area contributed by atoms with E-state index in [1.807, 2.05) is 7.05 Å². The maximum Gasteiger partial charge on any atom is 0.267 e. The van der Waals surface area contributed by atoms with Crippen LogP contribution < -0.4 is 10.6 Å². The van der Waals surface area contributed by atoms with Crippen molar-refractivity contribution in [2.24, 2.45) is 0 Å². The van der Waals surface area contributed by atoms with Crippen LogP contribution in [0.15, 0.2) is 24.1 Å². The number of aliphatic hydroxyl groups is 1. The predicted octanol–water partition coefficient (Wildman–Crippen LogP) is -0.269. The molecule has 0 aromatic rings. The van der Waals surface area contributed by atoms with Gasteiger partial charge in [-0.3, -0.25) is 24.1 Å². The van der Waals surface area contributed by atoms with Crippen LogP contribution in [-0.2, 0) is 28.7 Å². The van der Waals surface area contributed by atoms with Gasteiger partial charge in [-0.1, -0.05) is 0 Å². The second-order valence-electron chi connectivity index (χ2n) is 5.80. The van der Waals surface area contributed by atoms with Crippen molar-refractivity contribution < 1.29 is 33.8 Å². The Labute approximate surface area is 188 Å². The first-order valence-electron chi connectivity index (χ1n) is 9.65. The maximum atomic E-state index is 11.3. The first-order chi connectivity index (χ1) is 14.9. The van der Waals surface area contributed by atoms with E-state index in [1.54, 1.807) is 6.26 Å². The average molecular weight is 462 g/mol. The summed E-state index contributed by atoms with van der Waals surface area (Å²) in [7, 11) is 1.87. The van der Waals surface area contributed by atoms with Gasteiger partial charge in [0.15, 0.2) is 0 Å². The molecule has 0 fully saturated rings. The zero-order chi connectivity index (χ0) is 24.1. The van der Waals surface area contributed by atoms with E-state index in [4.69, 9.17) is 14.6 Å². The number of Topliss-reactive ketones (excluding diaryl/α,β-unsaturated/α-hetero) is 1. The van der Waals surface area contributed by atoms with Gasteiger partial charge in [0.1, 0.15) is 5.78 Å². The summed E-state index contributed by atoms with van der Waals surface area (Å²) in [5.41, 5.74) is 0. The molecule has 1 heterocycles. The molecule has 0 aliphatic carbocycles. The molecular formula is C20H35N3O7S. The van der Waals surface area contributed by atoms with Crippen LogP contribution in [0.5, 0.6) is 0 Å². The number of aliphatic hydroxyl groups excluding tert-OH is 1. The van der Waals surface area contributed by atoms with E-state index in [2.05, 4.69) is 23.8 Å². The zero-order valence-corrected chi connectivity index (χ0v) is 19.4. The van der Waals surface area contributed by atoms with Crippen LogP contribution >= 0.6 is 11.8 Å². The summed E-state index contributed by atoms with van der Waals surface area (Å²) in [6, 6.07) is 0. The molecule has 31 heavy (non-hydrogen) atoms. The molecule has 1 aliphatic heterocycles. The Balaban J connectivity index is 0. The van der Waals surface area contributed by atoms with Crippen LogP contribution in [0, 0.1) is 0 Å². The largest absolute Gasteiger partial charge is 0.396 e. The molecule has 0 saturated carbocycles. The van der Waals surface area contributed by atoms with Crippen LogP contribution in [0.2, 0.25) is 0 Å². The van der Waals surface area contributed by atoms with Gasteiger partial charge in [-0.2, -0.15) is 0 Å². The molecule has 0 saturated heterocycles. The lowest BCUT2D eigenvalue weighted by atomic mass is 10.4. The van der Waals surface area contributed by atoms with E-state index in [1.165, 1.54) is 24.8 Å². The molecule has 0 spiro atoms. The van der Waals surface area contributed by atoms with Crippen LogP contribution in [0.3, 0.4) is 0 Å². The van der Waals surface area contributed by atoms with Gasteiger partial charge in [-0.05, 0) is 20.2 Å². The third-order valence-electron chi connectivity index (χ3n) is 3.35. The molecule has 11 heteroatoms. The highest BCUT2D eigenvalue weighted by molar-refractivity contribution is 8.03. The summed E-state index contributed by atoms with van der Waals surface area (Å²) in [6.07, 6.45) is 3.12. The molecular weight excluding hydrogens is 426 g/mol. The Kier molecular flexibility index (Phi) is 21.3. The van der Waals surface area contributed by atoms with Gasteiger partial charge in [0.05, 0.1) is 44.5 Å². The summed E-state index contributed by atoms with van der Waals surface area (Å²) < 4.78 is 10.5. The smallest absolute Gasteiger partial charge is 0.267 e. The minimum Gasteiger partial charge on any atom is -0.396 e. The first kappa shape index (κ1) is 31.1. The SMILES string of the molecule is C=C.CNCCOCCOCCNC(=O)CCO.CSC1=CC(=O)N(CC(C)=O)C1=O. The lowest BCUT2D eigenvalue weighted by molar-refractivity contribution is -0.140. The van der Waals surface area contributed by atoms with Crippen molar-refractivity contribution in [3.8, 4) is 0 Å². The zero-order valence-electron chi connectivity index (χ0n) is 18.6. The van der Waals surface area contributed by atoms with E-state index in [9.17, 15) is 19.2 Å². The van der Waals surface area contributed by atoms with Crippen molar-refractivity contribution in [2.45, 2.75) is 13.3 Å². The summed E-state index contributed by atoms with van der Waals surface area (Å²) in [6.45, 7) is 10.6. The summed E-state index contributed by atoms with van der Waals surface area (Å²) in [5, 5.41) is 14.1. The molecule has 1 aliphatic rings. The third kappa shape index (κ3) is 16.3. The number of hydrogen-bond acceptors (Lipinski definition) is 9. The number of ketones is 1. The molecule has 0 radical (unpaired) electrons. The maximum absolute atomic E-state index is 11.3. The Hall–Kier alpha value is -2.05. The normalized spacial score (nSPS) is 12.4. The number of carbonyl (C=O) groups is 4. The third-order valence-corrected chi connectivity index (χ3v) is 4.09. The highest BCUT2D eigenvalue weighted by Gasteiger charge is 2.30. The van der Waals surface area contributed by atoms with Gasteiger partial charge in [0.2, 0.25) is 5.91 Å². The summed E-state index contributed by atoms with van der Waals surface area (Å²) >= 11 is 1.21. The standard InChI is InChI=1S/C10H22N2O4.C8H9NO3S.C2H4/c1-11-3-6-15-8-9-16-7-4-12-10(14)2-5-13;1-5(10)4-9-7(11)3-6(13-2)8(9)12;1-2/h11,13H,2-9H2,1H3,(H,12,14);3H,4H2,1-2H3;1-2H2. The van der Waals surface area contributed by atoms with Crippen molar-refractivity contribution in [3.63, 3.8) is 0 Å². The van der Waals surface area contributed by atoms with Crippen molar-refractivity contribution in [2.75, 3.05) is 66.0 Å². The Bertz CT molecular complexity index is 585. The van der Waals surface area contributed by atoms with Gasteiger partial charge in [-0.15, -0.1) is 24.9 Å². The number of amides is 3. The van der Waals surface area contributed by atoms with Gasteiger partial charge in [0, 0.05) is 25.6 Å². The Morgan fingerprint density at radius 2 is 1.71 bits per heavy atom. The monoisotopic (exact) mass is 461 g/mol. The number of carbonyl (C=O) groups excluding carboxylic acids is 4. The lowest BCUT2D eigenvalue weighted by Crippen LogP contribution is -2.34. The molecule has 0 bridgehead atoms.